The Labute approximate surface area is 158 Å². The Balaban J connectivity index is 1.45. The van der Waals surface area contributed by atoms with Gasteiger partial charge in [0.1, 0.15) is 5.00 Å². The zero-order valence-corrected chi connectivity index (χ0v) is 15.6. The second kappa shape index (κ2) is 6.99. The van der Waals surface area contributed by atoms with Crippen LogP contribution in [-0.2, 0) is 16.1 Å². The molecule has 3 aromatic rings. The number of rotatable bonds is 6. The normalized spacial score (nSPS) is 13.6. The molecule has 9 heteroatoms. The SMILES string of the molecule is Cc1sc(NC(=O)C2CC2)c(C(=O)OCc2nnc(-c3ccco3)o2)c1C. The monoisotopic (exact) mass is 387 g/mol. The van der Waals surface area contributed by atoms with Crippen molar-refractivity contribution < 1.29 is 23.2 Å². The van der Waals surface area contributed by atoms with Crippen LogP contribution in [0.4, 0.5) is 5.00 Å². The number of hydrogen-bond acceptors (Lipinski definition) is 8. The summed E-state index contributed by atoms with van der Waals surface area (Å²) in [5.74, 6) is 0.268. The maximum absolute atomic E-state index is 12.6. The molecule has 1 fully saturated rings. The van der Waals surface area contributed by atoms with E-state index in [-0.39, 0.29) is 30.2 Å². The minimum absolute atomic E-state index is 0.0507. The predicted octanol–water partition coefficient (Wildman–Crippen LogP) is 3.71. The number of aryl methyl sites for hydroxylation is 1. The van der Waals surface area contributed by atoms with E-state index in [1.165, 1.54) is 17.6 Å². The Morgan fingerprint density at radius 2 is 2.15 bits per heavy atom. The minimum atomic E-state index is -0.541. The summed E-state index contributed by atoms with van der Waals surface area (Å²) < 4.78 is 15.9. The third-order valence-electron chi connectivity index (χ3n) is 4.30. The summed E-state index contributed by atoms with van der Waals surface area (Å²) in [6.45, 7) is 3.56. The molecule has 0 spiro atoms. The van der Waals surface area contributed by atoms with Gasteiger partial charge in [0.2, 0.25) is 5.91 Å². The summed E-state index contributed by atoms with van der Waals surface area (Å²) in [6, 6.07) is 3.40. The third-order valence-corrected chi connectivity index (χ3v) is 5.42. The molecule has 8 nitrogen and oxygen atoms in total. The van der Waals surface area contributed by atoms with Crippen molar-refractivity contribution in [1.29, 1.82) is 0 Å². The average molecular weight is 387 g/mol. The summed E-state index contributed by atoms with van der Waals surface area (Å²) in [4.78, 5) is 25.6. The molecule has 0 unspecified atom stereocenters. The van der Waals surface area contributed by atoms with Crippen LogP contribution in [0.15, 0.2) is 27.2 Å². The number of anilines is 1. The van der Waals surface area contributed by atoms with Gasteiger partial charge in [0.05, 0.1) is 11.8 Å². The summed E-state index contributed by atoms with van der Waals surface area (Å²) in [5, 5.41) is 11.1. The van der Waals surface area contributed by atoms with Gasteiger partial charge in [-0.2, -0.15) is 0 Å². The van der Waals surface area contributed by atoms with Crippen LogP contribution in [0.2, 0.25) is 0 Å². The van der Waals surface area contributed by atoms with Crippen molar-refractivity contribution in [3.05, 3.63) is 40.3 Å². The second-order valence-electron chi connectivity index (χ2n) is 6.31. The van der Waals surface area contributed by atoms with Crippen LogP contribution in [0.1, 0.15) is 39.5 Å². The van der Waals surface area contributed by atoms with E-state index in [0.717, 1.165) is 23.3 Å². The molecule has 3 aromatic heterocycles. The molecule has 1 aliphatic carbocycles. The van der Waals surface area contributed by atoms with Gasteiger partial charge in [-0.05, 0) is 44.4 Å². The Morgan fingerprint density at radius 3 is 2.85 bits per heavy atom. The van der Waals surface area contributed by atoms with Crippen molar-refractivity contribution in [3.8, 4) is 11.7 Å². The molecule has 4 rings (SSSR count). The van der Waals surface area contributed by atoms with E-state index in [1.54, 1.807) is 12.1 Å². The Hall–Kier alpha value is -2.94. The van der Waals surface area contributed by atoms with Gasteiger partial charge in [-0.1, -0.05) is 0 Å². The standard InChI is InChI=1S/C18H17N3O5S/c1-9-10(2)27-17(19-15(22)11-5-6-11)14(9)18(23)25-8-13-20-21-16(26-13)12-4-3-7-24-12/h3-4,7,11H,5-6,8H2,1-2H3,(H,19,22). The van der Waals surface area contributed by atoms with Gasteiger partial charge in [0.15, 0.2) is 12.4 Å². The smallest absolute Gasteiger partial charge is 0.341 e. The highest BCUT2D eigenvalue weighted by Gasteiger charge is 2.31. The predicted molar refractivity (Wildman–Crippen MR) is 96.3 cm³/mol. The van der Waals surface area contributed by atoms with Crippen molar-refractivity contribution in [2.45, 2.75) is 33.3 Å². The van der Waals surface area contributed by atoms with E-state index in [9.17, 15) is 9.59 Å². The summed E-state index contributed by atoms with van der Waals surface area (Å²) in [6.07, 6.45) is 3.28. The van der Waals surface area contributed by atoms with Crippen molar-refractivity contribution in [2.24, 2.45) is 5.92 Å². The third kappa shape index (κ3) is 3.63. The minimum Gasteiger partial charge on any atom is -0.459 e. The number of thiophene rings is 1. The second-order valence-corrected chi connectivity index (χ2v) is 7.53. The molecule has 1 aliphatic rings. The fraction of sp³-hybridized carbons (Fsp3) is 0.333. The summed E-state index contributed by atoms with van der Waals surface area (Å²) in [5.41, 5.74) is 1.16. The summed E-state index contributed by atoms with van der Waals surface area (Å²) >= 11 is 1.37. The van der Waals surface area contributed by atoms with Gasteiger partial charge in [-0.3, -0.25) is 4.79 Å². The topological polar surface area (TPSA) is 107 Å². The van der Waals surface area contributed by atoms with Crippen molar-refractivity contribution >= 4 is 28.2 Å². The van der Waals surface area contributed by atoms with Gasteiger partial charge in [0.25, 0.3) is 11.8 Å². The lowest BCUT2D eigenvalue weighted by Crippen LogP contribution is -2.16. The Bertz CT molecular complexity index is 985. The van der Waals surface area contributed by atoms with Gasteiger partial charge in [-0.25, -0.2) is 4.79 Å². The number of nitrogens with zero attached hydrogens (tertiary/aromatic N) is 2. The highest BCUT2D eigenvalue weighted by Crippen LogP contribution is 2.36. The lowest BCUT2D eigenvalue weighted by atomic mass is 10.1. The molecule has 3 heterocycles. The molecule has 0 radical (unpaired) electrons. The first-order valence-corrected chi connectivity index (χ1v) is 9.29. The molecule has 1 amide bonds. The molecular weight excluding hydrogens is 370 g/mol. The van der Waals surface area contributed by atoms with E-state index in [4.69, 9.17) is 13.6 Å². The first-order chi connectivity index (χ1) is 13.0. The van der Waals surface area contributed by atoms with Crippen LogP contribution in [0.25, 0.3) is 11.7 Å². The van der Waals surface area contributed by atoms with Crippen molar-refractivity contribution in [2.75, 3.05) is 5.32 Å². The van der Waals surface area contributed by atoms with E-state index < -0.39 is 5.97 Å². The number of ether oxygens (including phenoxy) is 1. The highest BCUT2D eigenvalue weighted by molar-refractivity contribution is 7.16. The van der Waals surface area contributed by atoms with Crippen LogP contribution in [-0.4, -0.2) is 22.1 Å². The molecule has 0 saturated heterocycles. The molecule has 0 aromatic carbocycles. The average Bonchev–Trinajstić information content (AvgIpc) is 3.04. The van der Waals surface area contributed by atoms with Crippen LogP contribution >= 0.6 is 11.3 Å². The maximum Gasteiger partial charge on any atom is 0.341 e. The van der Waals surface area contributed by atoms with Crippen LogP contribution in [0, 0.1) is 19.8 Å². The van der Waals surface area contributed by atoms with Gasteiger partial charge in [0, 0.05) is 10.8 Å². The zero-order chi connectivity index (χ0) is 19.0. The highest BCUT2D eigenvalue weighted by atomic mass is 32.1. The number of aromatic nitrogens is 2. The molecule has 1 saturated carbocycles. The van der Waals surface area contributed by atoms with E-state index >= 15 is 0 Å². The number of carbonyl (C=O) groups excluding carboxylic acids is 2. The molecular formula is C18H17N3O5S. The van der Waals surface area contributed by atoms with Crippen LogP contribution in [0.5, 0.6) is 0 Å². The van der Waals surface area contributed by atoms with Gasteiger partial charge >= 0.3 is 5.97 Å². The number of furan rings is 1. The van der Waals surface area contributed by atoms with E-state index in [0.29, 0.717) is 16.3 Å². The van der Waals surface area contributed by atoms with Crippen molar-refractivity contribution in [3.63, 3.8) is 0 Å². The zero-order valence-electron chi connectivity index (χ0n) is 14.8. The first kappa shape index (κ1) is 17.5. The Kier molecular flexibility index (Phi) is 4.53. The van der Waals surface area contributed by atoms with E-state index in [2.05, 4.69) is 15.5 Å². The quantitative estimate of drug-likeness (QED) is 0.642. The van der Waals surface area contributed by atoms with Crippen LogP contribution < -0.4 is 5.32 Å². The molecule has 140 valence electrons. The van der Waals surface area contributed by atoms with Crippen LogP contribution in [0.3, 0.4) is 0 Å². The number of nitrogens with one attached hydrogen (secondary N) is 1. The Morgan fingerprint density at radius 1 is 1.33 bits per heavy atom. The molecule has 0 aliphatic heterocycles. The first-order valence-electron chi connectivity index (χ1n) is 8.47. The lowest BCUT2D eigenvalue weighted by molar-refractivity contribution is -0.117. The van der Waals surface area contributed by atoms with E-state index in [1.807, 2.05) is 13.8 Å². The van der Waals surface area contributed by atoms with Gasteiger partial charge in [-0.15, -0.1) is 21.5 Å². The molecule has 0 bridgehead atoms. The fourth-order valence-electron chi connectivity index (χ4n) is 2.53. The fourth-order valence-corrected chi connectivity index (χ4v) is 3.58. The van der Waals surface area contributed by atoms with Gasteiger partial charge < -0.3 is 18.9 Å². The molecule has 1 N–H and O–H groups in total. The number of esters is 1. The van der Waals surface area contributed by atoms with Crippen molar-refractivity contribution in [1.82, 2.24) is 10.2 Å². The number of carbonyl (C=O) groups is 2. The largest absolute Gasteiger partial charge is 0.459 e. The number of hydrogen-bond donors (Lipinski definition) is 1. The number of amides is 1. The molecule has 0 atom stereocenters. The maximum atomic E-state index is 12.6. The summed E-state index contributed by atoms with van der Waals surface area (Å²) in [7, 11) is 0. The molecule has 27 heavy (non-hydrogen) atoms. The lowest BCUT2D eigenvalue weighted by Gasteiger charge is -2.06.